The Hall–Kier alpha value is -2.64. The maximum Gasteiger partial charge on any atom is 0.328 e. The Morgan fingerprint density at radius 1 is 1.14 bits per heavy atom. The molecule has 2 aliphatic rings. The predicted molar refractivity (Wildman–Crippen MR) is 136 cm³/mol. The first-order valence-corrected chi connectivity index (χ1v) is 13.2. The molecule has 0 aromatic carbocycles. The minimum absolute atomic E-state index is 0.0378. The maximum atomic E-state index is 13.0. The number of methoxy groups -OCH3 is 1. The van der Waals surface area contributed by atoms with Gasteiger partial charge in [-0.15, -0.1) is 0 Å². The summed E-state index contributed by atoms with van der Waals surface area (Å²) in [4.78, 5) is 43.4. The van der Waals surface area contributed by atoms with Crippen LogP contribution >= 0.6 is 0 Å². The summed E-state index contributed by atoms with van der Waals surface area (Å²) in [5.74, 6) is 0.581. The van der Waals surface area contributed by atoms with E-state index in [1.54, 1.807) is 11.8 Å². The van der Waals surface area contributed by atoms with Crippen LogP contribution in [0.1, 0.15) is 82.9 Å². The third-order valence-corrected chi connectivity index (χ3v) is 7.53. The molecule has 2 aliphatic heterocycles. The molecule has 35 heavy (non-hydrogen) atoms. The van der Waals surface area contributed by atoms with Crippen molar-refractivity contribution in [2.24, 2.45) is 5.41 Å². The highest BCUT2D eigenvalue weighted by Crippen LogP contribution is 2.31. The van der Waals surface area contributed by atoms with Crippen LogP contribution in [0.2, 0.25) is 0 Å². The number of anilines is 1. The van der Waals surface area contributed by atoms with Gasteiger partial charge in [-0.2, -0.15) is 0 Å². The number of aromatic nitrogens is 1. The number of amides is 2. The highest BCUT2D eigenvalue weighted by molar-refractivity contribution is 5.88. The van der Waals surface area contributed by atoms with Crippen LogP contribution in [0.5, 0.6) is 0 Å². The number of nitrogens with one attached hydrogen (secondary N) is 2. The number of likely N-dealkylation sites (tertiary alicyclic amines) is 1. The number of nitrogens with zero attached hydrogens (tertiary/aromatic N) is 2. The van der Waals surface area contributed by atoms with Gasteiger partial charge in [-0.1, -0.05) is 38.7 Å². The van der Waals surface area contributed by atoms with Crippen molar-refractivity contribution in [3.63, 3.8) is 0 Å². The number of ether oxygens (including phenoxy) is 1. The standard InChI is InChI=1S/C27H42N4O4/c1-20(32)31-18-15-27(2,16-19-31)26(34)30-23(25(33)35-3)12-8-6-4-5-7-11-22-14-13-21-10-9-17-28-24(21)29-22/h13-14,23H,4-12,15-19H2,1-3H3,(H,28,29)(H,30,34)/t23-/m0/s1. The zero-order valence-electron chi connectivity index (χ0n) is 21.7. The molecule has 194 valence electrons. The third kappa shape index (κ3) is 7.67. The monoisotopic (exact) mass is 486 g/mol. The number of unbranched alkanes of at least 4 members (excludes halogenated alkanes) is 4. The Morgan fingerprint density at radius 3 is 2.57 bits per heavy atom. The van der Waals surface area contributed by atoms with Gasteiger partial charge in [0.05, 0.1) is 7.11 Å². The van der Waals surface area contributed by atoms with E-state index in [0.29, 0.717) is 32.4 Å². The fourth-order valence-electron chi connectivity index (χ4n) is 4.96. The molecular weight excluding hydrogens is 444 g/mol. The van der Waals surface area contributed by atoms with Gasteiger partial charge in [0, 0.05) is 37.7 Å². The Kier molecular flexibility index (Phi) is 9.93. The molecule has 3 rings (SSSR count). The molecule has 0 bridgehead atoms. The van der Waals surface area contributed by atoms with Crippen LogP contribution in [0.25, 0.3) is 0 Å². The van der Waals surface area contributed by atoms with E-state index >= 15 is 0 Å². The number of esters is 1. The second-order valence-corrected chi connectivity index (χ2v) is 10.3. The summed E-state index contributed by atoms with van der Waals surface area (Å²) in [5, 5.41) is 6.33. The Labute approximate surface area is 209 Å². The highest BCUT2D eigenvalue weighted by atomic mass is 16.5. The number of fused-ring (bicyclic) bond motifs is 1. The van der Waals surface area contributed by atoms with E-state index in [2.05, 4.69) is 22.8 Å². The molecule has 1 aromatic rings. The van der Waals surface area contributed by atoms with Crippen LogP contribution in [0, 0.1) is 5.41 Å². The molecule has 0 aliphatic carbocycles. The number of piperidine rings is 1. The van der Waals surface area contributed by atoms with Crippen molar-refractivity contribution < 1.29 is 19.1 Å². The molecule has 2 amide bonds. The molecule has 3 heterocycles. The van der Waals surface area contributed by atoms with E-state index in [0.717, 1.165) is 63.0 Å². The van der Waals surface area contributed by atoms with Crippen LogP contribution < -0.4 is 10.6 Å². The van der Waals surface area contributed by atoms with Crippen molar-refractivity contribution in [1.82, 2.24) is 15.2 Å². The van der Waals surface area contributed by atoms with Gasteiger partial charge in [0.25, 0.3) is 0 Å². The minimum Gasteiger partial charge on any atom is -0.467 e. The normalized spacial score (nSPS) is 17.6. The van der Waals surface area contributed by atoms with Crippen LogP contribution in [0.4, 0.5) is 5.82 Å². The van der Waals surface area contributed by atoms with Gasteiger partial charge in [0.15, 0.2) is 0 Å². The van der Waals surface area contributed by atoms with Gasteiger partial charge < -0.3 is 20.3 Å². The van der Waals surface area contributed by atoms with Crippen molar-refractivity contribution >= 4 is 23.6 Å². The molecule has 8 heteroatoms. The van der Waals surface area contributed by atoms with Gasteiger partial charge in [-0.3, -0.25) is 9.59 Å². The number of hydrogen-bond acceptors (Lipinski definition) is 6. The summed E-state index contributed by atoms with van der Waals surface area (Å²) in [6.07, 6.45) is 10.2. The first-order chi connectivity index (χ1) is 16.8. The number of rotatable bonds is 11. The smallest absolute Gasteiger partial charge is 0.328 e. The second kappa shape index (κ2) is 12.9. The highest BCUT2D eigenvalue weighted by Gasteiger charge is 2.39. The Bertz CT molecular complexity index is 880. The van der Waals surface area contributed by atoms with Gasteiger partial charge >= 0.3 is 5.97 Å². The van der Waals surface area contributed by atoms with Crippen LogP contribution in [-0.4, -0.2) is 60.5 Å². The number of pyridine rings is 1. The van der Waals surface area contributed by atoms with E-state index in [1.807, 2.05) is 6.92 Å². The number of carbonyl (C=O) groups is 3. The molecule has 1 aromatic heterocycles. The molecule has 2 N–H and O–H groups in total. The molecular formula is C27H42N4O4. The average Bonchev–Trinajstić information content (AvgIpc) is 2.86. The predicted octanol–water partition coefficient (Wildman–Crippen LogP) is 3.63. The van der Waals surface area contributed by atoms with E-state index in [1.165, 1.54) is 19.1 Å². The maximum absolute atomic E-state index is 13.0. The summed E-state index contributed by atoms with van der Waals surface area (Å²) in [6.45, 7) is 5.62. The lowest BCUT2D eigenvalue weighted by Gasteiger charge is -2.38. The molecule has 0 unspecified atom stereocenters. The van der Waals surface area contributed by atoms with Crippen LogP contribution in [0.3, 0.4) is 0 Å². The van der Waals surface area contributed by atoms with Crippen molar-refractivity contribution in [1.29, 1.82) is 0 Å². The largest absolute Gasteiger partial charge is 0.467 e. The zero-order chi connectivity index (χ0) is 25.3. The number of carbonyl (C=O) groups excluding carboxylic acids is 3. The molecule has 1 saturated heterocycles. The Balaban J connectivity index is 1.36. The van der Waals surface area contributed by atoms with Gasteiger partial charge in [-0.25, -0.2) is 9.78 Å². The third-order valence-electron chi connectivity index (χ3n) is 7.53. The van der Waals surface area contributed by atoms with Crippen molar-refractivity contribution in [3.05, 3.63) is 23.4 Å². The van der Waals surface area contributed by atoms with Crippen molar-refractivity contribution in [2.45, 2.75) is 90.5 Å². The number of hydrogen-bond donors (Lipinski definition) is 2. The van der Waals surface area contributed by atoms with E-state index < -0.39 is 17.4 Å². The summed E-state index contributed by atoms with van der Waals surface area (Å²) < 4.78 is 4.95. The minimum atomic E-state index is -0.623. The van der Waals surface area contributed by atoms with E-state index in [-0.39, 0.29) is 11.8 Å². The Morgan fingerprint density at radius 2 is 1.86 bits per heavy atom. The van der Waals surface area contributed by atoms with Crippen molar-refractivity contribution in [2.75, 3.05) is 32.1 Å². The molecule has 0 saturated carbocycles. The SMILES string of the molecule is COC(=O)[C@H](CCCCCCCc1ccc2c(n1)NCCC2)NC(=O)C1(C)CCN(C(C)=O)CC1. The quantitative estimate of drug-likeness (QED) is 0.366. The average molecular weight is 487 g/mol. The summed E-state index contributed by atoms with van der Waals surface area (Å²) in [7, 11) is 1.36. The van der Waals surface area contributed by atoms with E-state index in [4.69, 9.17) is 9.72 Å². The lowest BCUT2D eigenvalue weighted by molar-refractivity contribution is -0.147. The van der Waals surface area contributed by atoms with E-state index in [9.17, 15) is 14.4 Å². The summed E-state index contributed by atoms with van der Waals surface area (Å²) in [5.41, 5.74) is 1.90. The first kappa shape index (κ1) is 27.0. The van der Waals surface area contributed by atoms with Gasteiger partial charge in [0.2, 0.25) is 11.8 Å². The lowest BCUT2D eigenvalue weighted by atomic mass is 9.79. The van der Waals surface area contributed by atoms with Crippen LogP contribution in [-0.2, 0) is 32.0 Å². The molecule has 1 atom stereocenters. The van der Waals surface area contributed by atoms with Gasteiger partial charge in [0.1, 0.15) is 11.9 Å². The number of aryl methyl sites for hydroxylation is 2. The summed E-state index contributed by atoms with van der Waals surface area (Å²) >= 11 is 0. The second-order valence-electron chi connectivity index (χ2n) is 10.3. The zero-order valence-corrected chi connectivity index (χ0v) is 21.7. The lowest BCUT2D eigenvalue weighted by Crippen LogP contribution is -2.52. The van der Waals surface area contributed by atoms with Crippen molar-refractivity contribution in [3.8, 4) is 0 Å². The molecule has 8 nitrogen and oxygen atoms in total. The topological polar surface area (TPSA) is 101 Å². The summed E-state index contributed by atoms with van der Waals surface area (Å²) in [6, 6.07) is 3.74. The molecule has 0 spiro atoms. The fraction of sp³-hybridized carbons (Fsp3) is 0.704. The molecule has 0 radical (unpaired) electrons. The fourth-order valence-corrected chi connectivity index (χ4v) is 4.96. The van der Waals surface area contributed by atoms with Crippen LogP contribution in [0.15, 0.2) is 12.1 Å². The first-order valence-electron chi connectivity index (χ1n) is 13.2. The molecule has 1 fully saturated rings. The van der Waals surface area contributed by atoms with Gasteiger partial charge in [-0.05, 0) is 56.6 Å².